The highest BCUT2D eigenvalue weighted by molar-refractivity contribution is 5.86. The molecule has 0 heterocycles. The molecule has 0 aromatic heterocycles. The molecule has 136 valence electrons. The van der Waals surface area contributed by atoms with E-state index in [0.29, 0.717) is 5.92 Å². The highest BCUT2D eigenvalue weighted by Crippen LogP contribution is 2.42. The van der Waals surface area contributed by atoms with Crippen molar-refractivity contribution in [1.29, 1.82) is 0 Å². The predicted molar refractivity (Wildman–Crippen MR) is 97.1 cm³/mol. The van der Waals surface area contributed by atoms with E-state index in [0.717, 1.165) is 50.5 Å². The summed E-state index contributed by atoms with van der Waals surface area (Å²) in [7, 11) is 0. The fraction of sp³-hybridized carbons (Fsp3) is 0.619. The molecule has 1 amide bonds. The maximum Gasteiger partial charge on any atom is 0.317 e. The maximum absolute atomic E-state index is 12.8. The summed E-state index contributed by atoms with van der Waals surface area (Å²) in [5, 5.41) is 3.05. The summed E-state index contributed by atoms with van der Waals surface area (Å²) < 4.78 is 5.47. The molecule has 2 aliphatic carbocycles. The van der Waals surface area contributed by atoms with Gasteiger partial charge in [-0.25, -0.2) is 0 Å². The Morgan fingerprint density at radius 1 is 1.08 bits per heavy atom. The molecule has 0 unspecified atom stereocenters. The van der Waals surface area contributed by atoms with Crippen LogP contribution < -0.4 is 5.32 Å². The Morgan fingerprint density at radius 2 is 1.76 bits per heavy atom. The standard InChI is InChI=1S/C21H29NO3/c1-16-9-5-6-12-18(16)22-19(23)15-25-20(24)21(13-7-8-14-21)17-10-3-2-4-11-17/h2-4,10-11,16,18H,5-9,12-15H2,1H3,(H,22,23)/t16-,18+/m0/s1. The number of rotatable bonds is 5. The normalized spacial score (nSPS) is 25.3. The average molecular weight is 343 g/mol. The number of esters is 1. The number of hydrogen-bond acceptors (Lipinski definition) is 3. The molecule has 4 nitrogen and oxygen atoms in total. The van der Waals surface area contributed by atoms with Crippen LogP contribution in [0, 0.1) is 5.92 Å². The van der Waals surface area contributed by atoms with Crippen LogP contribution in [0.25, 0.3) is 0 Å². The fourth-order valence-corrected chi connectivity index (χ4v) is 4.39. The van der Waals surface area contributed by atoms with Gasteiger partial charge in [-0.1, -0.05) is 62.9 Å². The number of hydrogen-bond donors (Lipinski definition) is 1. The van der Waals surface area contributed by atoms with Gasteiger partial charge >= 0.3 is 5.97 Å². The van der Waals surface area contributed by atoms with Gasteiger partial charge in [0.15, 0.2) is 6.61 Å². The smallest absolute Gasteiger partial charge is 0.317 e. The van der Waals surface area contributed by atoms with Gasteiger partial charge < -0.3 is 10.1 Å². The van der Waals surface area contributed by atoms with Crippen LogP contribution in [0.15, 0.2) is 30.3 Å². The molecule has 1 aromatic rings. The fourth-order valence-electron chi connectivity index (χ4n) is 4.39. The van der Waals surface area contributed by atoms with E-state index < -0.39 is 5.41 Å². The summed E-state index contributed by atoms with van der Waals surface area (Å²) in [6.45, 7) is 2.01. The quantitative estimate of drug-likeness (QED) is 0.829. The second-order valence-electron chi connectivity index (χ2n) is 7.67. The van der Waals surface area contributed by atoms with Gasteiger partial charge in [0, 0.05) is 6.04 Å². The molecule has 1 N–H and O–H groups in total. The Kier molecular flexibility index (Phi) is 5.77. The van der Waals surface area contributed by atoms with Crippen molar-refractivity contribution in [1.82, 2.24) is 5.32 Å². The van der Waals surface area contributed by atoms with Gasteiger partial charge in [-0.3, -0.25) is 9.59 Å². The Morgan fingerprint density at radius 3 is 2.44 bits per heavy atom. The third-order valence-electron chi connectivity index (χ3n) is 5.97. The minimum absolute atomic E-state index is 0.170. The molecule has 0 aliphatic heterocycles. The molecule has 0 spiro atoms. The molecule has 2 atom stereocenters. The third kappa shape index (κ3) is 4.05. The number of benzene rings is 1. The van der Waals surface area contributed by atoms with Crippen LogP contribution in [0.3, 0.4) is 0 Å². The minimum atomic E-state index is -0.570. The number of amides is 1. The van der Waals surface area contributed by atoms with Gasteiger partial charge in [0.05, 0.1) is 5.41 Å². The van der Waals surface area contributed by atoms with E-state index in [1.807, 2.05) is 30.3 Å². The third-order valence-corrected chi connectivity index (χ3v) is 5.97. The van der Waals surface area contributed by atoms with Crippen LogP contribution >= 0.6 is 0 Å². The van der Waals surface area contributed by atoms with Gasteiger partial charge in [-0.2, -0.15) is 0 Å². The minimum Gasteiger partial charge on any atom is -0.455 e. The van der Waals surface area contributed by atoms with Crippen LogP contribution in [0.5, 0.6) is 0 Å². The van der Waals surface area contributed by atoms with Gasteiger partial charge in [-0.15, -0.1) is 0 Å². The molecular weight excluding hydrogens is 314 g/mol. The topological polar surface area (TPSA) is 55.4 Å². The van der Waals surface area contributed by atoms with Crippen molar-refractivity contribution in [2.75, 3.05) is 6.61 Å². The number of nitrogens with one attached hydrogen (secondary N) is 1. The highest BCUT2D eigenvalue weighted by Gasteiger charge is 2.44. The molecule has 2 aliphatic rings. The first-order chi connectivity index (χ1) is 12.1. The van der Waals surface area contributed by atoms with E-state index in [1.165, 1.54) is 6.42 Å². The Bertz CT molecular complexity index is 592. The maximum atomic E-state index is 12.8. The Balaban J connectivity index is 1.58. The first kappa shape index (κ1) is 18.0. The lowest BCUT2D eigenvalue weighted by Gasteiger charge is -2.30. The Hall–Kier alpha value is -1.84. The zero-order chi connectivity index (χ0) is 17.7. The van der Waals surface area contributed by atoms with Gasteiger partial charge in [-0.05, 0) is 37.2 Å². The summed E-state index contributed by atoms with van der Waals surface area (Å²) in [6.07, 6.45) is 8.23. The molecule has 0 saturated heterocycles. The Labute approximate surface area is 150 Å². The van der Waals surface area contributed by atoms with Crippen LogP contribution in [0.2, 0.25) is 0 Å². The summed E-state index contributed by atoms with van der Waals surface area (Å²) >= 11 is 0. The van der Waals surface area contributed by atoms with Gasteiger partial charge in [0.25, 0.3) is 5.91 Å². The van der Waals surface area contributed by atoms with Crippen molar-refractivity contribution < 1.29 is 14.3 Å². The second kappa shape index (κ2) is 8.03. The predicted octanol–water partition coefficient (Wildman–Crippen LogP) is 3.74. The van der Waals surface area contributed by atoms with Crippen molar-refractivity contribution in [3.63, 3.8) is 0 Å². The highest BCUT2D eigenvalue weighted by atomic mass is 16.5. The zero-order valence-corrected chi connectivity index (χ0v) is 15.1. The molecule has 0 radical (unpaired) electrons. The lowest BCUT2D eigenvalue weighted by molar-refractivity contribution is -0.154. The molecule has 2 saturated carbocycles. The summed E-state index contributed by atoms with van der Waals surface area (Å²) in [6, 6.07) is 10.1. The van der Waals surface area contributed by atoms with E-state index in [2.05, 4.69) is 12.2 Å². The molecular formula is C21H29NO3. The second-order valence-corrected chi connectivity index (χ2v) is 7.67. The van der Waals surface area contributed by atoms with E-state index >= 15 is 0 Å². The first-order valence-corrected chi connectivity index (χ1v) is 9.64. The molecule has 1 aromatic carbocycles. The number of ether oxygens (including phenoxy) is 1. The number of carbonyl (C=O) groups excluding carboxylic acids is 2. The summed E-state index contributed by atoms with van der Waals surface area (Å²) in [4.78, 5) is 25.1. The largest absolute Gasteiger partial charge is 0.455 e. The molecule has 0 bridgehead atoms. The average Bonchev–Trinajstić information content (AvgIpc) is 3.13. The van der Waals surface area contributed by atoms with Crippen molar-refractivity contribution in [3.05, 3.63) is 35.9 Å². The van der Waals surface area contributed by atoms with Gasteiger partial charge in [0.2, 0.25) is 0 Å². The molecule has 2 fully saturated rings. The van der Waals surface area contributed by atoms with Crippen LogP contribution in [0.1, 0.15) is 63.9 Å². The molecule has 4 heteroatoms. The monoisotopic (exact) mass is 343 g/mol. The first-order valence-electron chi connectivity index (χ1n) is 9.64. The van der Waals surface area contributed by atoms with E-state index in [-0.39, 0.29) is 24.5 Å². The molecule has 3 rings (SSSR count). The summed E-state index contributed by atoms with van der Waals surface area (Å²) in [5.41, 5.74) is 0.443. The van der Waals surface area contributed by atoms with Crippen molar-refractivity contribution in [2.45, 2.75) is 69.7 Å². The SMILES string of the molecule is C[C@H]1CCCC[C@H]1NC(=O)COC(=O)C1(c2ccccc2)CCCC1. The molecule has 25 heavy (non-hydrogen) atoms. The van der Waals surface area contributed by atoms with E-state index in [9.17, 15) is 9.59 Å². The van der Waals surface area contributed by atoms with E-state index in [1.54, 1.807) is 0 Å². The number of carbonyl (C=O) groups is 2. The summed E-state index contributed by atoms with van der Waals surface area (Å²) in [5.74, 6) is 0.0789. The van der Waals surface area contributed by atoms with Crippen molar-refractivity contribution in [3.8, 4) is 0 Å². The van der Waals surface area contributed by atoms with Crippen molar-refractivity contribution in [2.24, 2.45) is 5.92 Å². The van der Waals surface area contributed by atoms with Crippen molar-refractivity contribution >= 4 is 11.9 Å². The van der Waals surface area contributed by atoms with E-state index in [4.69, 9.17) is 4.74 Å². The zero-order valence-electron chi connectivity index (χ0n) is 15.1. The lowest BCUT2D eigenvalue weighted by Crippen LogP contribution is -2.44. The van der Waals surface area contributed by atoms with Crippen LogP contribution in [-0.4, -0.2) is 24.5 Å². The van der Waals surface area contributed by atoms with Crippen LogP contribution in [-0.2, 0) is 19.7 Å². The van der Waals surface area contributed by atoms with Crippen LogP contribution in [0.4, 0.5) is 0 Å². The lowest BCUT2D eigenvalue weighted by atomic mass is 9.79. The van der Waals surface area contributed by atoms with Gasteiger partial charge in [0.1, 0.15) is 0 Å².